The number of hydrogen-bond donors (Lipinski definition) is 2. The van der Waals surface area contributed by atoms with Crippen molar-refractivity contribution in [3.63, 3.8) is 0 Å². The Morgan fingerprint density at radius 3 is 2.62 bits per heavy atom. The van der Waals surface area contributed by atoms with Crippen molar-refractivity contribution in [3.8, 4) is 0 Å². The predicted octanol–water partition coefficient (Wildman–Crippen LogP) is 0.0635. The number of halogens is 1. The molecule has 1 aliphatic rings. The molecule has 0 saturated carbocycles. The van der Waals surface area contributed by atoms with Crippen LogP contribution in [0.2, 0.25) is 0 Å². The van der Waals surface area contributed by atoms with Crippen molar-refractivity contribution < 1.29 is 9.59 Å². The molecule has 1 heterocycles. The lowest BCUT2D eigenvalue weighted by molar-refractivity contribution is -0.135. The number of nitrogens with one attached hydrogen (secondary N) is 1. The molecule has 1 rings (SSSR count). The smallest absolute Gasteiger partial charge is 0.239 e. The van der Waals surface area contributed by atoms with Crippen LogP contribution in [0.5, 0.6) is 0 Å². The fraction of sp³-hybridized carbons (Fsp3) is 0.857. The van der Waals surface area contributed by atoms with Crippen LogP contribution in [0.4, 0.5) is 0 Å². The summed E-state index contributed by atoms with van der Waals surface area (Å²) in [7, 11) is 1.67. The van der Waals surface area contributed by atoms with E-state index in [1.165, 1.54) is 4.90 Å². The Hall–Kier alpha value is -0.850. The molecule has 1 atom stereocenters. The first kappa shape index (κ1) is 20.1. The third-order valence-electron chi connectivity index (χ3n) is 3.87. The molecule has 0 bridgehead atoms. The van der Waals surface area contributed by atoms with E-state index in [1.807, 2.05) is 6.92 Å². The summed E-state index contributed by atoms with van der Waals surface area (Å²) < 4.78 is 0. The Morgan fingerprint density at radius 2 is 2.10 bits per heavy atom. The lowest BCUT2D eigenvalue weighted by Crippen LogP contribution is -2.43. The largest absolute Gasteiger partial charge is 0.355 e. The van der Waals surface area contributed by atoms with Crippen LogP contribution in [0.3, 0.4) is 0 Å². The van der Waals surface area contributed by atoms with Gasteiger partial charge in [0, 0.05) is 20.1 Å². The minimum Gasteiger partial charge on any atom is -0.355 e. The normalized spacial score (nSPS) is 21.7. The molecule has 21 heavy (non-hydrogen) atoms. The second kappa shape index (κ2) is 9.23. The third kappa shape index (κ3) is 6.63. The molecule has 3 N–H and O–H groups in total. The van der Waals surface area contributed by atoms with Gasteiger partial charge in [0.05, 0.1) is 13.1 Å². The number of likely N-dealkylation sites (N-methyl/N-ethyl adjacent to an activating group) is 1. The monoisotopic (exact) mass is 320 g/mol. The van der Waals surface area contributed by atoms with Gasteiger partial charge in [-0.3, -0.25) is 14.5 Å². The fourth-order valence-corrected chi connectivity index (χ4v) is 2.36. The average molecular weight is 321 g/mol. The number of likely N-dealkylation sites (tertiary alicyclic amines) is 1. The van der Waals surface area contributed by atoms with Crippen LogP contribution in [0.1, 0.15) is 26.7 Å². The van der Waals surface area contributed by atoms with Gasteiger partial charge in [0.2, 0.25) is 11.8 Å². The number of amides is 2. The van der Waals surface area contributed by atoms with Crippen LogP contribution in [0.25, 0.3) is 0 Å². The summed E-state index contributed by atoms with van der Waals surface area (Å²) in [6, 6.07) is 0. The molecule has 0 radical (unpaired) electrons. The summed E-state index contributed by atoms with van der Waals surface area (Å²) in [6.45, 7) is 7.69. The summed E-state index contributed by atoms with van der Waals surface area (Å²) in [5.41, 5.74) is 5.88. The van der Waals surface area contributed by atoms with Crippen molar-refractivity contribution >= 4 is 24.2 Å². The molecule has 0 aliphatic carbocycles. The van der Waals surface area contributed by atoms with E-state index in [0.29, 0.717) is 19.6 Å². The van der Waals surface area contributed by atoms with Gasteiger partial charge in [0.25, 0.3) is 0 Å². The molecular weight excluding hydrogens is 292 g/mol. The van der Waals surface area contributed by atoms with Crippen LogP contribution in [0.15, 0.2) is 0 Å². The van der Waals surface area contributed by atoms with E-state index in [1.54, 1.807) is 7.05 Å². The molecule has 2 amide bonds. The Kier molecular flexibility index (Phi) is 8.85. The molecule has 0 aromatic heterocycles. The van der Waals surface area contributed by atoms with Crippen molar-refractivity contribution in [3.05, 3.63) is 0 Å². The summed E-state index contributed by atoms with van der Waals surface area (Å²) in [5.74, 6) is -0.117. The molecule has 1 fully saturated rings. The first-order chi connectivity index (χ1) is 9.40. The van der Waals surface area contributed by atoms with Crippen LogP contribution in [-0.2, 0) is 9.59 Å². The standard InChI is InChI=1S/C14H28N4O2.ClH/c1-4-6-16-12(19)8-17(3)13(20)9-18-7-5-14(2,10-15)11-18;/h4-11,15H2,1-3H3,(H,16,19);1H. The SMILES string of the molecule is CCCNC(=O)CN(C)C(=O)CN1CCC(C)(CN)C1.Cl. The highest BCUT2D eigenvalue weighted by atomic mass is 35.5. The third-order valence-corrected chi connectivity index (χ3v) is 3.87. The number of nitrogens with two attached hydrogens (primary N) is 1. The van der Waals surface area contributed by atoms with E-state index in [9.17, 15) is 9.59 Å². The summed E-state index contributed by atoms with van der Waals surface area (Å²) in [5, 5.41) is 2.77. The molecule has 1 saturated heterocycles. The Bertz CT molecular complexity index is 354. The van der Waals surface area contributed by atoms with E-state index < -0.39 is 0 Å². The van der Waals surface area contributed by atoms with E-state index in [4.69, 9.17) is 5.73 Å². The molecule has 6 nitrogen and oxygen atoms in total. The van der Waals surface area contributed by atoms with E-state index in [0.717, 1.165) is 25.9 Å². The summed E-state index contributed by atoms with van der Waals surface area (Å²) in [6.07, 6.45) is 1.92. The first-order valence-corrected chi connectivity index (χ1v) is 7.33. The molecule has 0 aromatic rings. The van der Waals surface area contributed by atoms with E-state index in [2.05, 4.69) is 17.1 Å². The van der Waals surface area contributed by atoms with Gasteiger partial charge in [-0.05, 0) is 31.3 Å². The molecule has 7 heteroatoms. The zero-order chi connectivity index (χ0) is 15.2. The molecule has 124 valence electrons. The lowest BCUT2D eigenvalue weighted by atomic mass is 9.90. The van der Waals surface area contributed by atoms with Crippen LogP contribution < -0.4 is 11.1 Å². The fourth-order valence-electron chi connectivity index (χ4n) is 2.36. The number of hydrogen-bond acceptors (Lipinski definition) is 4. The Balaban J connectivity index is 0.00000400. The minimum absolute atomic E-state index is 0. The maximum absolute atomic E-state index is 12.1. The number of rotatable bonds is 7. The Labute approximate surface area is 133 Å². The van der Waals surface area contributed by atoms with Gasteiger partial charge < -0.3 is 16.0 Å². The highest BCUT2D eigenvalue weighted by Crippen LogP contribution is 2.28. The minimum atomic E-state index is -0.101. The van der Waals surface area contributed by atoms with Gasteiger partial charge in [-0.25, -0.2) is 0 Å². The Morgan fingerprint density at radius 1 is 1.43 bits per heavy atom. The lowest BCUT2D eigenvalue weighted by Gasteiger charge is -2.24. The zero-order valence-corrected chi connectivity index (χ0v) is 14.2. The summed E-state index contributed by atoms with van der Waals surface area (Å²) in [4.78, 5) is 27.3. The highest BCUT2D eigenvalue weighted by molar-refractivity contribution is 5.85. The quantitative estimate of drug-likeness (QED) is 0.695. The molecule has 0 spiro atoms. The van der Waals surface area contributed by atoms with E-state index >= 15 is 0 Å². The second-order valence-electron chi connectivity index (χ2n) is 6.08. The molecular formula is C14H29ClN4O2. The average Bonchev–Trinajstić information content (AvgIpc) is 2.78. The number of nitrogens with zero attached hydrogens (tertiary/aromatic N) is 2. The predicted molar refractivity (Wildman–Crippen MR) is 86.4 cm³/mol. The van der Waals surface area contributed by atoms with Crippen LogP contribution in [0, 0.1) is 5.41 Å². The van der Waals surface area contributed by atoms with Crippen molar-refractivity contribution in [1.82, 2.24) is 15.1 Å². The van der Waals surface area contributed by atoms with Crippen molar-refractivity contribution in [1.29, 1.82) is 0 Å². The topological polar surface area (TPSA) is 78.7 Å². The van der Waals surface area contributed by atoms with Gasteiger partial charge in [0.15, 0.2) is 0 Å². The number of carbonyl (C=O) groups is 2. The number of carbonyl (C=O) groups excluding carboxylic acids is 2. The van der Waals surface area contributed by atoms with Crippen molar-refractivity contribution in [2.75, 3.05) is 46.3 Å². The van der Waals surface area contributed by atoms with Crippen molar-refractivity contribution in [2.24, 2.45) is 11.1 Å². The maximum Gasteiger partial charge on any atom is 0.239 e. The van der Waals surface area contributed by atoms with Crippen LogP contribution >= 0.6 is 12.4 Å². The highest BCUT2D eigenvalue weighted by Gasteiger charge is 2.33. The second-order valence-corrected chi connectivity index (χ2v) is 6.08. The van der Waals surface area contributed by atoms with Gasteiger partial charge in [-0.1, -0.05) is 13.8 Å². The van der Waals surface area contributed by atoms with Gasteiger partial charge in [-0.2, -0.15) is 0 Å². The first-order valence-electron chi connectivity index (χ1n) is 7.33. The van der Waals surface area contributed by atoms with Gasteiger partial charge >= 0.3 is 0 Å². The molecule has 0 aromatic carbocycles. The van der Waals surface area contributed by atoms with Gasteiger partial charge in [-0.15, -0.1) is 12.4 Å². The van der Waals surface area contributed by atoms with Crippen LogP contribution in [-0.4, -0.2) is 67.9 Å². The molecule has 1 aliphatic heterocycles. The summed E-state index contributed by atoms with van der Waals surface area (Å²) >= 11 is 0. The van der Waals surface area contributed by atoms with E-state index in [-0.39, 0.29) is 36.2 Å². The molecule has 1 unspecified atom stereocenters. The van der Waals surface area contributed by atoms with Gasteiger partial charge in [0.1, 0.15) is 0 Å². The van der Waals surface area contributed by atoms with Crippen molar-refractivity contribution in [2.45, 2.75) is 26.7 Å². The zero-order valence-electron chi connectivity index (χ0n) is 13.4. The maximum atomic E-state index is 12.1.